The smallest absolute Gasteiger partial charge is 0.208 e. The summed E-state index contributed by atoms with van der Waals surface area (Å²) in [5.41, 5.74) is 0.128. The zero-order valence-corrected chi connectivity index (χ0v) is 12.1. The average Bonchev–Trinajstić information content (AvgIpc) is 2.87. The molecular formula is C13H19N3OS. The Morgan fingerprint density at radius 2 is 2.00 bits per heavy atom. The highest BCUT2D eigenvalue weighted by Crippen LogP contribution is 2.26. The normalized spacial score (nSPS) is 12.0. The summed E-state index contributed by atoms with van der Waals surface area (Å²) in [4.78, 5) is 9.85. The molecule has 0 saturated carbocycles. The van der Waals surface area contributed by atoms with Crippen LogP contribution in [-0.2, 0) is 18.5 Å². The van der Waals surface area contributed by atoms with E-state index in [-0.39, 0.29) is 5.41 Å². The molecule has 2 aromatic heterocycles. The van der Waals surface area contributed by atoms with E-state index in [1.165, 1.54) is 9.88 Å². The van der Waals surface area contributed by atoms with Gasteiger partial charge in [0.05, 0.1) is 17.7 Å². The van der Waals surface area contributed by atoms with Crippen LogP contribution in [0.4, 0.5) is 0 Å². The van der Waals surface area contributed by atoms with Crippen molar-refractivity contribution in [1.82, 2.24) is 15.3 Å². The SMILES string of the molecule is Cc1cnc(CNCc2cnc(C(C)(C)C)s2)o1. The maximum absolute atomic E-state index is 5.40. The van der Waals surface area contributed by atoms with E-state index in [0.29, 0.717) is 6.54 Å². The van der Waals surface area contributed by atoms with Gasteiger partial charge in [0.25, 0.3) is 0 Å². The van der Waals surface area contributed by atoms with Crippen LogP contribution in [0.1, 0.15) is 42.3 Å². The number of rotatable bonds is 4. The molecule has 0 aliphatic heterocycles. The van der Waals surface area contributed by atoms with Crippen molar-refractivity contribution in [3.05, 3.63) is 33.9 Å². The molecule has 2 rings (SSSR count). The minimum absolute atomic E-state index is 0.128. The van der Waals surface area contributed by atoms with Crippen LogP contribution in [0, 0.1) is 6.92 Å². The van der Waals surface area contributed by atoms with Gasteiger partial charge in [0, 0.05) is 23.0 Å². The largest absolute Gasteiger partial charge is 0.445 e. The highest BCUT2D eigenvalue weighted by atomic mass is 32.1. The van der Waals surface area contributed by atoms with Crippen LogP contribution in [0.15, 0.2) is 16.8 Å². The zero-order valence-electron chi connectivity index (χ0n) is 11.3. The molecule has 0 fully saturated rings. The van der Waals surface area contributed by atoms with Gasteiger partial charge in [-0.1, -0.05) is 20.8 Å². The van der Waals surface area contributed by atoms with E-state index in [2.05, 4.69) is 36.1 Å². The molecule has 0 saturated heterocycles. The van der Waals surface area contributed by atoms with Crippen molar-refractivity contribution >= 4 is 11.3 Å². The predicted octanol–water partition coefficient (Wildman–Crippen LogP) is 3.03. The Labute approximate surface area is 111 Å². The molecule has 4 nitrogen and oxygen atoms in total. The van der Waals surface area contributed by atoms with E-state index < -0.39 is 0 Å². The van der Waals surface area contributed by atoms with E-state index in [1.54, 1.807) is 17.5 Å². The number of hydrogen-bond donors (Lipinski definition) is 1. The molecule has 1 N–H and O–H groups in total. The third kappa shape index (κ3) is 3.40. The monoisotopic (exact) mass is 265 g/mol. The van der Waals surface area contributed by atoms with Crippen molar-refractivity contribution < 1.29 is 4.42 Å². The van der Waals surface area contributed by atoms with Crippen molar-refractivity contribution in [1.29, 1.82) is 0 Å². The molecule has 2 heterocycles. The molecule has 0 radical (unpaired) electrons. The summed E-state index contributed by atoms with van der Waals surface area (Å²) < 4.78 is 5.40. The van der Waals surface area contributed by atoms with Gasteiger partial charge in [0.2, 0.25) is 5.89 Å². The van der Waals surface area contributed by atoms with Crippen LogP contribution < -0.4 is 5.32 Å². The Bertz CT molecular complexity index is 510. The number of oxazole rings is 1. The fourth-order valence-corrected chi connectivity index (χ4v) is 2.45. The third-order valence-corrected chi connectivity index (χ3v) is 3.86. The number of aromatic nitrogens is 2. The van der Waals surface area contributed by atoms with Crippen molar-refractivity contribution in [3.63, 3.8) is 0 Å². The lowest BCUT2D eigenvalue weighted by Crippen LogP contribution is -2.12. The molecule has 0 aromatic carbocycles. The predicted molar refractivity (Wildman–Crippen MR) is 72.6 cm³/mol. The quantitative estimate of drug-likeness (QED) is 0.923. The molecule has 0 spiro atoms. The van der Waals surface area contributed by atoms with Gasteiger partial charge in [0.1, 0.15) is 5.76 Å². The van der Waals surface area contributed by atoms with Gasteiger partial charge in [-0.05, 0) is 6.92 Å². The molecule has 0 atom stereocenters. The maximum atomic E-state index is 5.40. The number of hydrogen-bond acceptors (Lipinski definition) is 5. The molecule has 0 aliphatic carbocycles. The van der Waals surface area contributed by atoms with Gasteiger partial charge in [-0.3, -0.25) is 0 Å². The van der Waals surface area contributed by atoms with E-state index in [1.807, 2.05) is 13.1 Å². The van der Waals surface area contributed by atoms with E-state index in [0.717, 1.165) is 18.2 Å². The summed E-state index contributed by atoms with van der Waals surface area (Å²) in [6.07, 6.45) is 3.68. The number of aryl methyl sites for hydroxylation is 1. The Morgan fingerprint density at radius 3 is 2.56 bits per heavy atom. The van der Waals surface area contributed by atoms with Crippen LogP contribution >= 0.6 is 11.3 Å². The second-order valence-electron chi connectivity index (χ2n) is 5.35. The van der Waals surface area contributed by atoms with Crippen molar-refractivity contribution in [2.45, 2.75) is 46.2 Å². The number of nitrogens with one attached hydrogen (secondary N) is 1. The number of thiazole rings is 1. The summed E-state index contributed by atoms with van der Waals surface area (Å²) >= 11 is 1.76. The maximum Gasteiger partial charge on any atom is 0.208 e. The van der Waals surface area contributed by atoms with Gasteiger partial charge in [-0.2, -0.15) is 0 Å². The average molecular weight is 265 g/mol. The van der Waals surface area contributed by atoms with Crippen molar-refractivity contribution in [3.8, 4) is 0 Å². The molecular weight excluding hydrogens is 246 g/mol. The van der Waals surface area contributed by atoms with Crippen molar-refractivity contribution in [2.24, 2.45) is 0 Å². The second-order valence-corrected chi connectivity index (χ2v) is 6.47. The molecule has 18 heavy (non-hydrogen) atoms. The summed E-state index contributed by atoms with van der Waals surface area (Å²) in [6, 6.07) is 0. The van der Waals surface area contributed by atoms with Gasteiger partial charge >= 0.3 is 0 Å². The summed E-state index contributed by atoms with van der Waals surface area (Å²) in [6.45, 7) is 9.89. The van der Waals surface area contributed by atoms with Gasteiger partial charge in [-0.15, -0.1) is 11.3 Å². The summed E-state index contributed by atoms with van der Waals surface area (Å²) in [5, 5.41) is 4.48. The second kappa shape index (κ2) is 5.20. The third-order valence-electron chi connectivity index (χ3n) is 2.44. The highest BCUT2D eigenvalue weighted by Gasteiger charge is 2.17. The van der Waals surface area contributed by atoms with Crippen LogP contribution in [-0.4, -0.2) is 9.97 Å². The Hall–Kier alpha value is -1.20. The van der Waals surface area contributed by atoms with E-state index in [4.69, 9.17) is 4.42 Å². The molecule has 0 unspecified atom stereocenters. The fraction of sp³-hybridized carbons (Fsp3) is 0.538. The fourth-order valence-electron chi connectivity index (χ4n) is 1.51. The molecule has 0 aliphatic rings. The molecule has 2 aromatic rings. The first kappa shape index (κ1) is 13.2. The minimum atomic E-state index is 0.128. The molecule has 0 amide bonds. The van der Waals surface area contributed by atoms with Crippen LogP contribution in [0.25, 0.3) is 0 Å². The van der Waals surface area contributed by atoms with Crippen LogP contribution in [0.2, 0.25) is 0 Å². The Morgan fingerprint density at radius 1 is 1.22 bits per heavy atom. The van der Waals surface area contributed by atoms with E-state index in [9.17, 15) is 0 Å². The first-order valence-corrected chi connectivity index (χ1v) is 6.84. The molecule has 98 valence electrons. The first-order valence-electron chi connectivity index (χ1n) is 6.02. The van der Waals surface area contributed by atoms with Gasteiger partial charge in [-0.25, -0.2) is 9.97 Å². The van der Waals surface area contributed by atoms with Gasteiger partial charge in [0.15, 0.2) is 0 Å². The standard InChI is InChI=1S/C13H19N3OS/c1-9-5-15-11(17-9)8-14-6-10-7-16-12(18-10)13(2,3)4/h5,7,14H,6,8H2,1-4H3. The highest BCUT2D eigenvalue weighted by molar-refractivity contribution is 7.11. The van der Waals surface area contributed by atoms with Crippen LogP contribution in [0.3, 0.4) is 0 Å². The van der Waals surface area contributed by atoms with Crippen LogP contribution in [0.5, 0.6) is 0 Å². The summed E-state index contributed by atoms with van der Waals surface area (Å²) in [5.74, 6) is 1.58. The lowest BCUT2D eigenvalue weighted by molar-refractivity contribution is 0.449. The minimum Gasteiger partial charge on any atom is -0.445 e. The summed E-state index contributed by atoms with van der Waals surface area (Å²) in [7, 11) is 0. The Balaban J connectivity index is 1.85. The number of nitrogens with zero attached hydrogens (tertiary/aromatic N) is 2. The molecule has 0 bridgehead atoms. The Kier molecular flexibility index (Phi) is 3.82. The molecule has 5 heteroatoms. The zero-order chi connectivity index (χ0) is 13.2. The topological polar surface area (TPSA) is 51.0 Å². The van der Waals surface area contributed by atoms with E-state index >= 15 is 0 Å². The van der Waals surface area contributed by atoms with Crippen molar-refractivity contribution in [2.75, 3.05) is 0 Å². The first-order chi connectivity index (χ1) is 8.45. The van der Waals surface area contributed by atoms with Gasteiger partial charge < -0.3 is 9.73 Å². The lowest BCUT2D eigenvalue weighted by atomic mass is 9.98. The lowest BCUT2D eigenvalue weighted by Gasteiger charge is -2.13.